The first-order valence-corrected chi connectivity index (χ1v) is 6.43. The Labute approximate surface area is 107 Å². The first kappa shape index (κ1) is 11.4. The zero-order chi connectivity index (χ0) is 12.7. The molecule has 3 rings (SSSR count). The number of nitrogen functional groups attached to an aromatic ring is 1. The minimum Gasteiger partial charge on any atom is -0.496 e. The Hall–Kier alpha value is -1.71. The van der Waals surface area contributed by atoms with Crippen LogP contribution < -0.4 is 10.5 Å². The second-order valence-corrected chi connectivity index (χ2v) is 5.25. The lowest BCUT2D eigenvalue weighted by Crippen LogP contribution is -2.37. The Bertz CT molecular complexity index is 487. The molecule has 1 aromatic rings. The van der Waals surface area contributed by atoms with Crippen LogP contribution in [0.25, 0.3) is 0 Å². The fraction of sp³-hybridized carbons (Fsp3) is 0.500. The molecule has 2 unspecified atom stereocenters. The molecule has 0 aromatic heterocycles. The van der Waals surface area contributed by atoms with E-state index in [-0.39, 0.29) is 5.91 Å². The van der Waals surface area contributed by atoms with Crippen LogP contribution in [0.1, 0.15) is 29.6 Å². The summed E-state index contributed by atoms with van der Waals surface area (Å²) in [6, 6.07) is 5.67. The quantitative estimate of drug-likeness (QED) is 0.811. The molecule has 18 heavy (non-hydrogen) atoms. The van der Waals surface area contributed by atoms with Crippen molar-refractivity contribution < 1.29 is 9.53 Å². The fourth-order valence-corrected chi connectivity index (χ4v) is 3.21. The Morgan fingerprint density at radius 3 is 2.89 bits per heavy atom. The van der Waals surface area contributed by atoms with E-state index >= 15 is 0 Å². The number of ether oxygens (including phenoxy) is 1. The second-order valence-electron chi connectivity index (χ2n) is 5.25. The molecule has 2 fully saturated rings. The molecule has 1 aliphatic carbocycles. The highest BCUT2D eigenvalue weighted by atomic mass is 16.5. The zero-order valence-electron chi connectivity index (χ0n) is 10.6. The number of likely N-dealkylation sites (tertiary alicyclic amines) is 1. The van der Waals surface area contributed by atoms with Gasteiger partial charge < -0.3 is 15.4 Å². The van der Waals surface area contributed by atoms with Gasteiger partial charge in [-0.1, -0.05) is 0 Å². The van der Waals surface area contributed by atoms with E-state index < -0.39 is 0 Å². The normalized spacial score (nSPS) is 25.5. The summed E-state index contributed by atoms with van der Waals surface area (Å²) in [7, 11) is 1.57. The number of methoxy groups -OCH3 is 1. The van der Waals surface area contributed by atoms with Gasteiger partial charge in [0.15, 0.2) is 0 Å². The molecule has 4 heteroatoms. The van der Waals surface area contributed by atoms with Gasteiger partial charge in [-0.15, -0.1) is 0 Å². The molecule has 1 saturated heterocycles. The number of hydrogen-bond donors (Lipinski definition) is 1. The summed E-state index contributed by atoms with van der Waals surface area (Å²) in [6.45, 7) is 0.900. The topological polar surface area (TPSA) is 55.6 Å². The number of nitrogens with two attached hydrogens (primary N) is 1. The number of fused-ring (bicyclic) bond motifs is 2. The lowest BCUT2D eigenvalue weighted by atomic mass is 10.1. The van der Waals surface area contributed by atoms with Crippen LogP contribution in [-0.4, -0.2) is 30.5 Å². The minimum atomic E-state index is 0.0825. The van der Waals surface area contributed by atoms with Crippen LogP contribution >= 0.6 is 0 Å². The van der Waals surface area contributed by atoms with Gasteiger partial charge in [0.2, 0.25) is 0 Å². The van der Waals surface area contributed by atoms with Gasteiger partial charge >= 0.3 is 0 Å². The summed E-state index contributed by atoms with van der Waals surface area (Å²) in [4.78, 5) is 14.5. The second kappa shape index (κ2) is 4.19. The molecule has 0 spiro atoms. The third-order valence-electron chi connectivity index (χ3n) is 4.13. The van der Waals surface area contributed by atoms with Gasteiger partial charge in [-0.3, -0.25) is 4.79 Å². The lowest BCUT2D eigenvalue weighted by molar-refractivity contribution is 0.0700. The molecule has 1 amide bonds. The van der Waals surface area contributed by atoms with Gasteiger partial charge in [-0.25, -0.2) is 0 Å². The maximum absolute atomic E-state index is 12.5. The summed E-state index contributed by atoms with van der Waals surface area (Å²) in [6.07, 6.45) is 3.59. The van der Waals surface area contributed by atoms with Gasteiger partial charge in [-0.05, 0) is 37.3 Å². The highest BCUT2D eigenvalue weighted by Gasteiger charge is 2.40. The van der Waals surface area contributed by atoms with Crippen molar-refractivity contribution in [3.63, 3.8) is 0 Å². The lowest BCUT2D eigenvalue weighted by Gasteiger charge is -2.27. The number of piperidine rings is 1. The molecule has 2 atom stereocenters. The Morgan fingerprint density at radius 1 is 1.44 bits per heavy atom. The number of benzene rings is 1. The molecule has 4 nitrogen and oxygen atoms in total. The van der Waals surface area contributed by atoms with Crippen molar-refractivity contribution in [1.29, 1.82) is 0 Å². The predicted molar refractivity (Wildman–Crippen MR) is 69.6 cm³/mol. The average molecular weight is 246 g/mol. The van der Waals surface area contributed by atoms with Crippen LogP contribution in [0.15, 0.2) is 18.2 Å². The molecule has 2 bridgehead atoms. The fourth-order valence-electron chi connectivity index (χ4n) is 3.21. The summed E-state index contributed by atoms with van der Waals surface area (Å²) >= 11 is 0. The summed E-state index contributed by atoms with van der Waals surface area (Å²) in [5, 5.41) is 0. The van der Waals surface area contributed by atoms with E-state index in [1.165, 1.54) is 12.8 Å². The number of nitrogens with zero attached hydrogens (tertiary/aromatic N) is 1. The third-order valence-corrected chi connectivity index (χ3v) is 4.13. The van der Waals surface area contributed by atoms with Crippen molar-refractivity contribution in [2.75, 3.05) is 19.4 Å². The average Bonchev–Trinajstić information content (AvgIpc) is 3.00. The summed E-state index contributed by atoms with van der Waals surface area (Å²) < 4.78 is 5.26. The molecule has 96 valence electrons. The molecule has 1 heterocycles. The molecular weight excluding hydrogens is 228 g/mol. The van der Waals surface area contributed by atoms with Crippen molar-refractivity contribution in [3.8, 4) is 5.75 Å². The standard InChI is InChI=1S/C14H18N2O2/c1-18-13-7-10(15)3-5-12(13)14(17)16-8-9-2-4-11(16)6-9/h3,5,7,9,11H,2,4,6,8,15H2,1H3. The van der Waals surface area contributed by atoms with E-state index in [0.29, 0.717) is 29.0 Å². The molecule has 1 aliphatic heterocycles. The third kappa shape index (κ3) is 1.72. The molecular formula is C14H18N2O2. The Kier molecular flexibility index (Phi) is 2.65. The first-order valence-electron chi connectivity index (χ1n) is 6.43. The number of hydrogen-bond acceptors (Lipinski definition) is 3. The predicted octanol–water partition coefficient (Wildman–Crippen LogP) is 1.90. The first-order chi connectivity index (χ1) is 8.69. The van der Waals surface area contributed by atoms with Gasteiger partial charge in [0.25, 0.3) is 5.91 Å². The molecule has 0 radical (unpaired) electrons. The van der Waals surface area contributed by atoms with Crippen LogP contribution in [0.2, 0.25) is 0 Å². The SMILES string of the molecule is COc1cc(N)ccc1C(=O)N1CC2CCC1C2. The van der Waals surface area contributed by atoms with Crippen molar-refractivity contribution in [3.05, 3.63) is 23.8 Å². The Morgan fingerprint density at radius 2 is 2.28 bits per heavy atom. The number of carbonyl (C=O) groups excluding carboxylic acids is 1. The van der Waals surface area contributed by atoms with E-state index in [1.807, 2.05) is 4.90 Å². The van der Waals surface area contributed by atoms with Crippen molar-refractivity contribution in [2.45, 2.75) is 25.3 Å². The molecule has 2 aliphatic rings. The van der Waals surface area contributed by atoms with E-state index in [0.717, 1.165) is 13.0 Å². The smallest absolute Gasteiger partial charge is 0.257 e. The van der Waals surface area contributed by atoms with Gasteiger partial charge in [0.05, 0.1) is 12.7 Å². The molecule has 1 aromatic carbocycles. The Balaban J connectivity index is 1.88. The number of anilines is 1. The zero-order valence-corrected chi connectivity index (χ0v) is 10.6. The number of amides is 1. The maximum Gasteiger partial charge on any atom is 0.257 e. The molecule has 2 N–H and O–H groups in total. The van der Waals surface area contributed by atoms with Gasteiger partial charge in [-0.2, -0.15) is 0 Å². The highest BCUT2D eigenvalue weighted by molar-refractivity contribution is 5.97. The van der Waals surface area contributed by atoms with Crippen molar-refractivity contribution in [1.82, 2.24) is 4.90 Å². The molecule has 1 saturated carbocycles. The highest BCUT2D eigenvalue weighted by Crippen LogP contribution is 2.38. The van der Waals surface area contributed by atoms with E-state index in [4.69, 9.17) is 10.5 Å². The number of carbonyl (C=O) groups is 1. The number of rotatable bonds is 2. The monoisotopic (exact) mass is 246 g/mol. The van der Waals surface area contributed by atoms with E-state index in [9.17, 15) is 4.79 Å². The van der Waals surface area contributed by atoms with Crippen LogP contribution in [0.5, 0.6) is 5.75 Å². The van der Waals surface area contributed by atoms with Crippen LogP contribution in [0.3, 0.4) is 0 Å². The van der Waals surface area contributed by atoms with Crippen molar-refractivity contribution in [2.24, 2.45) is 5.92 Å². The summed E-state index contributed by atoms with van der Waals surface area (Å²) in [5.74, 6) is 1.36. The maximum atomic E-state index is 12.5. The largest absolute Gasteiger partial charge is 0.496 e. The summed E-state index contributed by atoms with van der Waals surface area (Å²) in [5.41, 5.74) is 6.95. The minimum absolute atomic E-state index is 0.0825. The van der Waals surface area contributed by atoms with Crippen LogP contribution in [-0.2, 0) is 0 Å². The van der Waals surface area contributed by atoms with Gasteiger partial charge in [0.1, 0.15) is 5.75 Å². The van der Waals surface area contributed by atoms with Crippen LogP contribution in [0, 0.1) is 5.92 Å². The van der Waals surface area contributed by atoms with Crippen molar-refractivity contribution >= 4 is 11.6 Å². The van der Waals surface area contributed by atoms with Gasteiger partial charge in [0, 0.05) is 24.3 Å². The van der Waals surface area contributed by atoms with E-state index in [1.54, 1.807) is 25.3 Å². The van der Waals surface area contributed by atoms with Crippen LogP contribution in [0.4, 0.5) is 5.69 Å². The van der Waals surface area contributed by atoms with E-state index in [2.05, 4.69) is 0 Å².